The van der Waals surface area contributed by atoms with Crippen molar-refractivity contribution >= 4 is 15.6 Å². The first-order chi connectivity index (χ1) is 8.70. The summed E-state index contributed by atoms with van der Waals surface area (Å²) < 4.78 is 37.0. The Hall–Kier alpha value is -0.680. The standard InChI is InChI=1S/C10H16O7P2/c1-9(2)8-15-19(14,17-18(11,12)13)16-10-6-4-3-5-7-10/h3-7,9H,8H2,1-2H3,(H2,11,12,13). The highest BCUT2D eigenvalue weighted by molar-refractivity contribution is 7.61. The zero-order valence-electron chi connectivity index (χ0n) is 10.5. The van der Waals surface area contributed by atoms with E-state index < -0.39 is 15.6 Å². The predicted molar refractivity (Wildman–Crippen MR) is 68.6 cm³/mol. The van der Waals surface area contributed by atoms with E-state index in [1.807, 2.05) is 0 Å². The Kier molecular flexibility index (Phi) is 5.74. The molecule has 9 heteroatoms. The molecule has 2 N–H and O–H groups in total. The third-order valence-electron chi connectivity index (χ3n) is 1.73. The van der Waals surface area contributed by atoms with Crippen LogP contribution in [0.1, 0.15) is 13.8 Å². The Morgan fingerprint density at radius 3 is 2.21 bits per heavy atom. The van der Waals surface area contributed by atoms with Gasteiger partial charge in [0, 0.05) is 0 Å². The highest BCUT2D eigenvalue weighted by atomic mass is 31.3. The van der Waals surface area contributed by atoms with Gasteiger partial charge in [-0.15, -0.1) is 0 Å². The summed E-state index contributed by atoms with van der Waals surface area (Å²) in [6, 6.07) is 7.86. The molecule has 0 amide bonds. The lowest BCUT2D eigenvalue weighted by Gasteiger charge is -2.19. The topological polar surface area (TPSA) is 102 Å². The number of para-hydroxylation sites is 1. The number of phosphoric ester groups is 1. The summed E-state index contributed by atoms with van der Waals surface area (Å²) in [7, 11) is -9.38. The maximum atomic E-state index is 12.1. The molecule has 108 valence electrons. The second kappa shape index (κ2) is 6.66. The zero-order valence-corrected chi connectivity index (χ0v) is 12.3. The Balaban J connectivity index is 2.85. The fourth-order valence-corrected chi connectivity index (χ4v) is 3.33. The van der Waals surface area contributed by atoms with Gasteiger partial charge in [-0.3, -0.25) is 4.52 Å². The molecule has 1 unspecified atom stereocenters. The van der Waals surface area contributed by atoms with Crippen molar-refractivity contribution in [3.8, 4) is 5.75 Å². The van der Waals surface area contributed by atoms with Crippen LogP contribution in [0.4, 0.5) is 0 Å². The number of phosphoric acid groups is 2. The van der Waals surface area contributed by atoms with Crippen LogP contribution in [-0.4, -0.2) is 16.4 Å². The van der Waals surface area contributed by atoms with Crippen molar-refractivity contribution in [1.82, 2.24) is 0 Å². The molecule has 1 atom stereocenters. The highest BCUT2D eigenvalue weighted by Gasteiger charge is 2.37. The normalized spacial score (nSPS) is 15.2. The summed E-state index contributed by atoms with van der Waals surface area (Å²) >= 11 is 0. The Morgan fingerprint density at radius 2 is 1.74 bits per heavy atom. The first-order valence-electron chi connectivity index (χ1n) is 5.46. The molecule has 19 heavy (non-hydrogen) atoms. The van der Waals surface area contributed by atoms with Gasteiger partial charge in [0.25, 0.3) is 0 Å². The van der Waals surface area contributed by atoms with Crippen molar-refractivity contribution < 1.29 is 32.3 Å². The molecule has 0 aliphatic rings. The molecule has 7 nitrogen and oxygen atoms in total. The van der Waals surface area contributed by atoms with E-state index in [0.717, 1.165) is 0 Å². The number of hydrogen-bond acceptors (Lipinski definition) is 5. The van der Waals surface area contributed by atoms with Crippen molar-refractivity contribution in [2.24, 2.45) is 5.92 Å². The summed E-state index contributed by atoms with van der Waals surface area (Å²) in [6.45, 7) is 3.54. The zero-order chi connectivity index (χ0) is 14.5. The van der Waals surface area contributed by atoms with E-state index in [1.165, 1.54) is 12.1 Å². The number of hydrogen-bond donors (Lipinski definition) is 2. The molecule has 0 heterocycles. The lowest BCUT2D eigenvalue weighted by Crippen LogP contribution is -2.06. The summed E-state index contributed by atoms with van der Waals surface area (Å²) in [6.07, 6.45) is 0. The van der Waals surface area contributed by atoms with Crippen molar-refractivity contribution in [3.05, 3.63) is 30.3 Å². The van der Waals surface area contributed by atoms with Crippen LogP contribution in [0.5, 0.6) is 5.75 Å². The van der Waals surface area contributed by atoms with E-state index in [-0.39, 0.29) is 18.3 Å². The minimum Gasteiger partial charge on any atom is -0.404 e. The molecule has 0 saturated carbocycles. The predicted octanol–water partition coefficient (Wildman–Crippen LogP) is 2.96. The molecule has 0 aromatic heterocycles. The van der Waals surface area contributed by atoms with E-state index >= 15 is 0 Å². The van der Waals surface area contributed by atoms with Gasteiger partial charge in [-0.1, -0.05) is 32.0 Å². The molecule has 1 aromatic rings. The summed E-state index contributed by atoms with van der Waals surface area (Å²) in [5.41, 5.74) is 0. The largest absolute Gasteiger partial charge is 0.539 e. The van der Waals surface area contributed by atoms with Gasteiger partial charge in [-0.25, -0.2) is 9.13 Å². The Morgan fingerprint density at radius 1 is 1.16 bits per heavy atom. The van der Waals surface area contributed by atoms with Crippen molar-refractivity contribution in [1.29, 1.82) is 0 Å². The monoisotopic (exact) mass is 310 g/mol. The SMILES string of the molecule is CC(C)COP(=O)(Oc1ccccc1)OP(=O)(O)O. The van der Waals surface area contributed by atoms with Crippen LogP contribution in [0.3, 0.4) is 0 Å². The lowest BCUT2D eigenvalue weighted by molar-refractivity contribution is 0.168. The van der Waals surface area contributed by atoms with E-state index in [2.05, 4.69) is 4.31 Å². The van der Waals surface area contributed by atoms with E-state index in [9.17, 15) is 9.13 Å². The van der Waals surface area contributed by atoms with Crippen LogP contribution in [0.2, 0.25) is 0 Å². The Labute approximate surface area is 111 Å². The van der Waals surface area contributed by atoms with Gasteiger partial charge in [-0.05, 0) is 18.1 Å². The average molecular weight is 310 g/mol. The quantitative estimate of drug-likeness (QED) is 0.746. The lowest BCUT2D eigenvalue weighted by atomic mass is 10.2. The first kappa shape index (κ1) is 16.4. The van der Waals surface area contributed by atoms with Crippen LogP contribution in [-0.2, 0) is 18.0 Å². The van der Waals surface area contributed by atoms with Crippen LogP contribution in [0.15, 0.2) is 30.3 Å². The molecule has 0 spiro atoms. The van der Waals surface area contributed by atoms with E-state index in [0.29, 0.717) is 0 Å². The van der Waals surface area contributed by atoms with Gasteiger partial charge in [0.05, 0.1) is 6.61 Å². The van der Waals surface area contributed by atoms with Gasteiger partial charge < -0.3 is 14.3 Å². The third kappa shape index (κ3) is 6.87. The molecule has 1 aromatic carbocycles. The van der Waals surface area contributed by atoms with Crippen LogP contribution < -0.4 is 4.52 Å². The van der Waals surface area contributed by atoms with Crippen LogP contribution in [0.25, 0.3) is 0 Å². The molecular weight excluding hydrogens is 294 g/mol. The molecule has 0 fully saturated rings. The Bertz CT molecular complexity index is 482. The summed E-state index contributed by atoms with van der Waals surface area (Å²) in [5, 5.41) is 0. The van der Waals surface area contributed by atoms with Crippen molar-refractivity contribution in [3.63, 3.8) is 0 Å². The summed E-state index contributed by atoms with van der Waals surface area (Å²) in [4.78, 5) is 17.5. The van der Waals surface area contributed by atoms with Gasteiger partial charge >= 0.3 is 15.6 Å². The van der Waals surface area contributed by atoms with Crippen LogP contribution >= 0.6 is 15.6 Å². The molecule has 0 bridgehead atoms. The average Bonchev–Trinajstić information content (AvgIpc) is 2.25. The second-order valence-corrected chi connectivity index (χ2v) is 7.08. The maximum Gasteiger partial charge on any atom is 0.539 e. The second-order valence-electron chi connectivity index (χ2n) is 4.11. The van der Waals surface area contributed by atoms with Crippen molar-refractivity contribution in [2.75, 3.05) is 6.61 Å². The fourth-order valence-electron chi connectivity index (χ4n) is 1.05. The fraction of sp³-hybridized carbons (Fsp3) is 0.400. The minimum atomic E-state index is -5.00. The first-order valence-corrected chi connectivity index (χ1v) is 8.45. The maximum absolute atomic E-state index is 12.1. The highest BCUT2D eigenvalue weighted by Crippen LogP contribution is 2.60. The third-order valence-corrected chi connectivity index (χ3v) is 4.28. The molecule has 0 aliphatic heterocycles. The minimum absolute atomic E-state index is 0.00642. The van der Waals surface area contributed by atoms with Gasteiger partial charge in [-0.2, -0.15) is 4.31 Å². The molecular formula is C10H16O7P2. The van der Waals surface area contributed by atoms with Crippen molar-refractivity contribution in [2.45, 2.75) is 13.8 Å². The van der Waals surface area contributed by atoms with Gasteiger partial charge in [0.2, 0.25) is 0 Å². The molecule has 0 saturated heterocycles. The van der Waals surface area contributed by atoms with E-state index in [4.69, 9.17) is 18.8 Å². The smallest absolute Gasteiger partial charge is 0.404 e. The van der Waals surface area contributed by atoms with E-state index in [1.54, 1.807) is 32.0 Å². The summed E-state index contributed by atoms with van der Waals surface area (Å²) in [5.74, 6) is 0.121. The van der Waals surface area contributed by atoms with Crippen LogP contribution in [0, 0.1) is 5.92 Å². The van der Waals surface area contributed by atoms with Gasteiger partial charge in [0.15, 0.2) is 0 Å². The molecule has 0 radical (unpaired) electrons. The molecule has 0 aliphatic carbocycles. The number of benzene rings is 1. The molecule has 1 rings (SSSR count). The number of rotatable bonds is 7. The van der Waals surface area contributed by atoms with Gasteiger partial charge in [0.1, 0.15) is 5.75 Å².